The monoisotopic (exact) mass is 256 g/mol. The molecule has 0 aliphatic carbocycles. The standard InChI is InChI=1S/C15H13O2P/c16-15(17)11-12-18(13-7-3-1-4-8-13)14-9-5-2-6-10-14/h1-12H,(H,16,17)/b12-11+. The van der Waals surface area contributed by atoms with E-state index in [1.807, 2.05) is 60.7 Å². The smallest absolute Gasteiger partial charge is 0.328 e. The Labute approximate surface area is 107 Å². The second kappa shape index (κ2) is 6.13. The maximum absolute atomic E-state index is 10.7. The molecule has 1 N–H and O–H groups in total. The number of rotatable bonds is 4. The Bertz CT molecular complexity index is 495. The molecule has 0 heterocycles. The molecular formula is C15H13O2P. The number of aliphatic carboxylic acids is 1. The molecule has 2 rings (SSSR count). The molecule has 2 aromatic carbocycles. The minimum absolute atomic E-state index is 0.745. The minimum Gasteiger partial charge on any atom is -0.478 e. The summed E-state index contributed by atoms with van der Waals surface area (Å²) in [5.74, 6) is 0.872. The Kier molecular flexibility index (Phi) is 4.27. The van der Waals surface area contributed by atoms with Gasteiger partial charge in [-0.1, -0.05) is 60.7 Å². The Morgan fingerprint density at radius 2 is 1.33 bits per heavy atom. The van der Waals surface area contributed by atoms with Crippen LogP contribution in [0.2, 0.25) is 0 Å². The molecule has 0 aromatic heterocycles. The zero-order chi connectivity index (χ0) is 12.8. The van der Waals surface area contributed by atoms with Crippen LogP contribution in [-0.2, 0) is 4.79 Å². The first-order valence-electron chi connectivity index (χ1n) is 5.58. The van der Waals surface area contributed by atoms with E-state index in [-0.39, 0.29) is 0 Å². The van der Waals surface area contributed by atoms with E-state index in [1.54, 1.807) is 5.82 Å². The van der Waals surface area contributed by atoms with Crippen molar-refractivity contribution in [1.82, 2.24) is 0 Å². The topological polar surface area (TPSA) is 37.3 Å². The van der Waals surface area contributed by atoms with Gasteiger partial charge in [-0.15, -0.1) is 0 Å². The lowest BCUT2D eigenvalue weighted by atomic mass is 10.4. The van der Waals surface area contributed by atoms with Crippen LogP contribution in [-0.4, -0.2) is 11.1 Å². The first-order valence-corrected chi connectivity index (χ1v) is 6.99. The van der Waals surface area contributed by atoms with Crippen LogP contribution in [0.3, 0.4) is 0 Å². The second-order valence-electron chi connectivity index (χ2n) is 3.70. The summed E-state index contributed by atoms with van der Waals surface area (Å²) in [5, 5.41) is 11.1. The van der Waals surface area contributed by atoms with E-state index >= 15 is 0 Å². The predicted octanol–water partition coefficient (Wildman–Crippen LogP) is 2.72. The van der Waals surface area contributed by atoms with Gasteiger partial charge in [-0.2, -0.15) is 0 Å². The summed E-state index contributed by atoms with van der Waals surface area (Å²) in [6.07, 6.45) is 1.23. The van der Waals surface area contributed by atoms with Crippen LogP contribution in [0.25, 0.3) is 0 Å². The van der Waals surface area contributed by atoms with Crippen molar-refractivity contribution in [2.45, 2.75) is 0 Å². The van der Waals surface area contributed by atoms with Crippen molar-refractivity contribution in [1.29, 1.82) is 0 Å². The van der Waals surface area contributed by atoms with Gasteiger partial charge in [0.2, 0.25) is 0 Å². The van der Waals surface area contributed by atoms with Gasteiger partial charge < -0.3 is 5.11 Å². The zero-order valence-corrected chi connectivity index (χ0v) is 10.6. The van der Waals surface area contributed by atoms with E-state index < -0.39 is 13.9 Å². The van der Waals surface area contributed by atoms with Crippen LogP contribution in [0.4, 0.5) is 0 Å². The van der Waals surface area contributed by atoms with E-state index in [0.29, 0.717) is 0 Å². The highest BCUT2D eigenvalue weighted by Crippen LogP contribution is 2.34. The maximum Gasteiger partial charge on any atom is 0.328 e. The molecule has 90 valence electrons. The van der Waals surface area contributed by atoms with Crippen LogP contribution in [0.1, 0.15) is 0 Å². The highest BCUT2D eigenvalue weighted by atomic mass is 31.1. The van der Waals surface area contributed by atoms with Crippen LogP contribution in [0.5, 0.6) is 0 Å². The highest BCUT2D eigenvalue weighted by Gasteiger charge is 2.09. The molecular weight excluding hydrogens is 243 g/mol. The molecule has 0 aliphatic heterocycles. The summed E-state index contributed by atoms with van der Waals surface area (Å²) in [5.41, 5.74) is 0. The first-order chi connectivity index (χ1) is 8.77. The van der Waals surface area contributed by atoms with E-state index in [2.05, 4.69) is 0 Å². The van der Waals surface area contributed by atoms with Crippen LogP contribution in [0, 0.1) is 0 Å². The van der Waals surface area contributed by atoms with Gasteiger partial charge in [0.05, 0.1) is 0 Å². The molecule has 2 nitrogen and oxygen atoms in total. The Morgan fingerprint density at radius 1 is 0.889 bits per heavy atom. The zero-order valence-electron chi connectivity index (χ0n) is 9.73. The highest BCUT2D eigenvalue weighted by molar-refractivity contribution is 7.75. The van der Waals surface area contributed by atoms with Crippen LogP contribution in [0.15, 0.2) is 72.6 Å². The Hall–Kier alpha value is -1.92. The summed E-state index contributed by atoms with van der Waals surface area (Å²) in [6, 6.07) is 20.0. The number of carboxylic acids is 1. The molecule has 0 amide bonds. The normalized spacial score (nSPS) is 10.9. The van der Waals surface area contributed by atoms with Crippen molar-refractivity contribution in [2.75, 3.05) is 0 Å². The molecule has 18 heavy (non-hydrogen) atoms. The average molecular weight is 256 g/mol. The average Bonchev–Trinajstić information content (AvgIpc) is 2.41. The quantitative estimate of drug-likeness (QED) is 0.674. The van der Waals surface area contributed by atoms with E-state index in [9.17, 15) is 4.79 Å². The number of benzene rings is 2. The third-order valence-corrected chi connectivity index (χ3v) is 4.59. The molecule has 2 aromatic rings. The van der Waals surface area contributed by atoms with Gasteiger partial charge >= 0.3 is 5.97 Å². The van der Waals surface area contributed by atoms with Gasteiger partial charge in [-0.25, -0.2) is 4.79 Å². The van der Waals surface area contributed by atoms with Crippen LogP contribution >= 0.6 is 7.92 Å². The Balaban J connectivity index is 2.38. The molecule has 0 saturated heterocycles. The summed E-state index contributed by atoms with van der Waals surface area (Å²) < 4.78 is 0. The number of hydrogen-bond acceptors (Lipinski definition) is 1. The summed E-state index contributed by atoms with van der Waals surface area (Å²) in [6.45, 7) is 0. The molecule has 0 spiro atoms. The van der Waals surface area contributed by atoms with E-state index in [0.717, 1.165) is 10.6 Å². The van der Waals surface area contributed by atoms with Gasteiger partial charge in [0.15, 0.2) is 0 Å². The fraction of sp³-hybridized carbons (Fsp3) is 0. The van der Waals surface area contributed by atoms with Crippen molar-refractivity contribution in [3.63, 3.8) is 0 Å². The van der Waals surface area contributed by atoms with Gasteiger partial charge in [0.1, 0.15) is 0 Å². The second-order valence-corrected chi connectivity index (χ2v) is 5.77. The molecule has 0 unspecified atom stereocenters. The Morgan fingerprint density at radius 3 is 1.72 bits per heavy atom. The van der Waals surface area contributed by atoms with Gasteiger partial charge in [0.25, 0.3) is 0 Å². The van der Waals surface area contributed by atoms with Crippen molar-refractivity contribution in [2.24, 2.45) is 0 Å². The van der Waals surface area contributed by atoms with Crippen molar-refractivity contribution in [3.8, 4) is 0 Å². The molecule has 0 saturated carbocycles. The van der Waals surface area contributed by atoms with Crippen molar-refractivity contribution in [3.05, 3.63) is 72.6 Å². The molecule has 0 radical (unpaired) electrons. The number of hydrogen-bond donors (Lipinski definition) is 1. The van der Waals surface area contributed by atoms with Crippen LogP contribution < -0.4 is 10.6 Å². The first kappa shape index (κ1) is 12.5. The van der Waals surface area contributed by atoms with Gasteiger partial charge in [-0.05, 0) is 24.3 Å². The molecule has 0 bridgehead atoms. The van der Waals surface area contributed by atoms with Crippen molar-refractivity contribution >= 4 is 24.5 Å². The molecule has 3 heteroatoms. The predicted molar refractivity (Wildman–Crippen MR) is 75.8 cm³/mol. The third-order valence-electron chi connectivity index (χ3n) is 2.43. The minimum atomic E-state index is -0.908. The third kappa shape index (κ3) is 3.28. The fourth-order valence-corrected chi connectivity index (χ4v) is 3.54. The number of carbonyl (C=O) groups is 1. The fourth-order valence-electron chi connectivity index (χ4n) is 1.64. The lowest BCUT2D eigenvalue weighted by Gasteiger charge is -2.13. The molecule has 0 fully saturated rings. The maximum atomic E-state index is 10.7. The molecule has 0 aliphatic rings. The largest absolute Gasteiger partial charge is 0.478 e. The summed E-state index contributed by atoms with van der Waals surface area (Å²) >= 11 is 0. The summed E-state index contributed by atoms with van der Waals surface area (Å²) in [7, 11) is -0.745. The van der Waals surface area contributed by atoms with Gasteiger partial charge in [0, 0.05) is 6.08 Å². The number of carboxylic acid groups (broad SMARTS) is 1. The van der Waals surface area contributed by atoms with Crippen molar-refractivity contribution < 1.29 is 9.90 Å². The van der Waals surface area contributed by atoms with E-state index in [1.165, 1.54) is 6.08 Å². The SMILES string of the molecule is O=C(O)/C=C/P(c1ccccc1)c1ccccc1. The summed E-state index contributed by atoms with van der Waals surface area (Å²) in [4.78, 5) is 10.7. The van der Waals surface area contributed by atoms with Gasteiger partial charge in [-0.3, -0.25) is 0 Å². The lowest BCUT2D eigenvalue weighted by Crippen LogP contribution is -2.09. The molecule has 0 atom stereocenters. The van der Waals surface area contributed by atoms with E-state index in [4.69, 9.17) is 5.11 Å². The lowest BCUT2D eigenvalue weighted by molar-refractivity contribution is -0.131.